The molecule has 0 N–H and O–H groups in total. The van der Waals surface area contributed by atoms with Gasteiger partial charge in [0, 0.05) is 0 Å². The minimum Gasteiger partial charge on any atom is -0.459 e. The predicted molar refractivity (Wildman–Crippen MR) is 47.6 cm³/mol. The van der Waals surface area contributed by atoms with Crippen molar-refractivity contribution in [2.75, 3.05) is 0 Å². The Hall–Kier alpha value is -0.110. The molecule has 0 fully saturated rings. The molecule has 0 radical (unpaired) electrons. The Kier molecular flexibility index (Phi) is 3.31. The summed E-state index contributed by atoms with van der Waals surface area (Å²) in [5.41, 5.74) is 0. The van der Waals surface area contributed by atoms with Crippen LogP contribution in [0.3, 0.4) is 0 Å². The van der Waals surface area contributed by atoms with E-state index in [-0.39, 0.29) is 0 Å². The van der Waals surface area contributed by atoms with Gasteiger partial charge in [-0.15, -0.1) is 0 Å². The van der Waals surface area contributed by atoms with Gasteiger partial charge in [-0.2, -0.15) is 0 Å². The SMILES string of the molecule is Clc1ccccc1OC(Cl)Cl. The molecule has 0 aliphatic rings. The summed E-state index contributed by atoms with van der Waals surface area (Å²) in [6.45, 7) is 0. The molecule has 0 aromatic heterocycles. The Morgan fingerprint density at radius 1 is 1.18 bits per heavy atom. The van der Waals surface area contributed by atoms with Gasteiger partial charge in [0.25, 0.3) is 0 Å². The first-order valence-corrected chi connectivity index (χ1v) is 4.14. The number of rotatable bonds is 2. The molecule has 60 valence electrons. The highest BCUT2D eigenvalue weighted by Crippen LogP contribution is 2.25. The Bertz CT molecular complexity index is 237. The fourth-order valence-electron chi connectivity index (χ4n) is 0.636. The summed E-state index contributed by atoms with van der Waals surface area (Å²) in [5.74, 6) is 0.490. The number of benzene rings is 1. The molecule has 1 aromatic carbocycles. The van der Waals surface area contributed by atoms with Gasteiger partial charge >= 0.3 is 0 Å². The van der Waals surface area contributed by atoms with Crippen molar-refractivity contribution in [1.29, 1.82) is 0 Å². The quantitative estimate of drug-likeness (QED) is 0.681. The molecule has 0 unspecified atom stereocenters. The lowest BCUT2D eigenvalue weighted by molar-refractivity contribution is 0.354. The Morgan fingerprint density at radius 2 is 1.82 bits per heavy atom. The van der Waals surface area contributed by atoms with Crippen LogP contribution >= 0.6 is 34.8 Å². The second-order valence-corrected chi connectivity index (χ2v) is 3.23. The van der Waals surface area contributed by atoms with Crippen LogP contribution in [0.15, 0.2) is 24.3 Å². The normalized spacial score (nSPS) is 10.2. The van der Waals surface area contributed by atoms with E-state index in [1.807, 2.05) is 0 Å². The van der Waals surface area contributed by atoms with Crippen molar-refractivity contribution in [1.82, 2.24) is 0 Å². The third-order valence-electron chi connectivity index (χ3n) is 1.05. The van der Waals surface area contributed by atoms with Gasteiger partial charge in [0.1, 0.15) is 5.75 Å². The molecule has 1 nitrogen and oxygen atoms in total. The fraction of sp³-hybridized carbons (Fsp3) is 0.143. The largest absolute Gasteiger partial charge is 0.459 e. The van der Waals surface area contributed by atoms with Crippen LogP contribution in [0.25, 0.3) is 0 Å². The summed E-state index contributed by atoms with van der Waals surface area (Å²) in [5, 5.41) is -0.381. The van der Waals surface area contributed by atoms with Gasteiger partial charge in [-0.25, -0.2) is 0 Å². The molecule has 0 heterocycles. The lowest BCUT2D eigenvalue weighted by Crippen LogP contribution is -1.98. The second kappa shape index (κ2) is 4.05. The van der Waals surface area contributed by atoms with E-state index in [9.17, 15) is 0 Å². The number of alkyl halides is 2. The Morgan fingerprint density at radius 3 is 2.36 bits per heavy atom. The lowest BCUT2D eigenvalue weighted by atomic mass is 10.3. The van der Waals surface area contributed by atoms with Crippen molar-refractivity contribution in [2.45, 2.75) is 5.02 Å². The van der Waals surface area contributed by atoms with E-state index >= 15 is 0 Å². The van der Waals surface area contributed by atoms with Crippen molar-refractivity contribution in [2.24, 2.45) is 0 Å². The molecule has 11 heavy (non-hydrogen) atoms. The molecule has 1 aromatic rings. The molecule has 4 heteroatoms. The minimum absolute atomic E-state index is 0.490. The van der Waals surface area contributed by atoms with E-state index in [0.717, 1.165) is 0 Å². The first-order valence-electron chi connectivity index (χ1n) is 2.89. The van der Waals surface area contributed by atoms with E-state index in [1.54, 1.807) is 24.3 Å². The van der Waals surface area contributed by atoms with E-state index in [0.29, 0.717) is 10.8 Å². The summed E-state index contributed by atoms with van der Waals surface area (Å²) in [7, 11) is 0. The van der Waals surface area contributed by atoms with Crippen LogP contribution in [0.5, 0.6) is 5.75 Å². The number of halogens is 3. The summed E-state index contributed by atoms with van der Waals surface area (Å²) >= 11 is 16.5. The van der Waals surface area contributed by atoms with Crippen LogP contribution in [0.4, 0.5) is 0 Å². The van der Waals surface area contributed by atoms with Crippen LogP contribution in [0, 0.1) is 0 Å². The van der Waals surface area contributed by atoms with E-state index in [2.05, 4.69) is 0 Å². The van der Waals surface area contributed by atoms with Crippen LogP contribution < -0.4 is 4.74 Å². The first-order chi connectivity index (χ1) is 5.20. The summed E-state index contributed by atoms with van der Waals surface area (Å²) in [4.78, 5) is 0. The molecule has 0 aliphatic carbocycles. The minimum atomic E-state index is -0.880. The third-order valence-corrected chi connectivity index (χ3v) is 1.54. The maximum Gasteiger partial charge on any atom is 0.247 e. The maximum absolute atomic E-state index is 5.73. The summed E-state index contributed by atoms with van der Waals surface area (Å²) < 4.78 is 4.94. The van der Waals surface area contributed by atoms with Crippen LogP contribution in [0.1, 0.15) is 0 Å². The smallest absolute Gasteiger partial charge is 0.247 e. The van der Waals surface area contributed by atoms with Crippen molar-refractivity contribution in [3.05, 3.63) is 29.3 Å². The van der Waals surface area contributed by atoms with Crippen molar-refractivity contribution in [3.63, 3.8) is 0 Å². The first kappa shape index (κ1) is 8.98. The zero-order chi connectivity index (χ0) is 8.27. The fourth-order valence-corrected chi connectivity index (χ4v) is 1.01. The zero-order valence-electron chi connectivity index (χ0n) is 5.43. The van der Waals surface area contributed by atoms with Crippen LogP contribution in [-0.4, -0.2) is 5.02 Å². The standard InChI is InChI=1S/C7H5Cl3O/c8-5-3-1-2-4-6(5)11-7(9)10/h1-4,7H. The van der Waals surface area contributed by atoms with Gasteiger partial charge < -0.3 is 4.74 Å². The van der Waals surface area contributed by atoms with Crippen LogP contribution in [0.2, 0.25) is 5.02 Å². The van der Waals surface area contributed by atoms with Gasteiger partial charge in [0.15, 0.2) is 0 Å². The third kappa shape index (κ3) is 2.78. The topological polar surface area (TPSA) is 9.23 Å². The number of hydrogen-bond donors (Lipinski definition) is 0. The molecule has 0 amide bonds. The molecule has 0 saturated heterocycles. The predicted octanol–water partition coefficient (Wildman–Crippen LogP) is 3.48. The zero-order valence-corrected chi connectivity index (χ0v) is 7.70. The second-order valence-electron chi connectivity index (χ2n) is 1.81. The summed E-state index contributed by atoms with van der Waals surface area (Å²) in [6.07, 6.45) is 0. The van der Waals surface area contributed by atoms with Crippen molar-refractivity contribution < 1.29 is 4.74 Å². The highest BCUT2D eigenvalue weighted by atomic mass is 35.5. The molecule has 1 rings (SSSR count). The van der Waals surface area contributed by atoms with E-state index in [4.69, 9.17) is 39.5 Å². The van der Waals surface area contributed by atoms with E-state index in [1.165, 1.54) is 0 Å². The number of ether oxygens (including phenoxy) is 1. The van der Waals surface area contributed by atoms with Crippen molar-refractivity contribution >= 4 is 34.8 Å². The highest BCUT2D eigenvalue weighted by molar-refractivity contribution is 6.43. The molecule has 0 bridgehead atoms. The van der Waals surface area contributed by atoms with Gasteiger partial charge in [-0.05, 0) is 12.1 Å². The number of hydrogen-bond acceptors (Lipinski definition) is 1. The molecular weight excluding hydrogens is 206 g/mol. The molecular formula is C7H5Cl3O. The summed E-state index contributed by atoms with van der Waals surface area (Å²) in [6, 6.07) is 6.98. The average molecular weight is 211 g/mol. The number of para-hydroxylation sites is 1. The van der Waals surface area contributed by atoms with Crippen molar-refractivity contribution in [3.8, 4) is 5.75 Å². The van der Waals surface area contributed by atoms with Gasteiger partial charge in [0.2, 0.25) is 5.02 Å². The molecule has 0 spiro atoms. The Labute approximate surface area is 79.8 Å². The molecule has 0 atom stereocenters. The molecule has 0 aliphatic heterocycles. The maximum atomic E-state index is 5.73. The average Bonchev–Trinajstić information content (AvgIpc) is 1.93. The molecule has 0 saturated carbocycles. The highest BCUT2D eigenvalue weighted by Gasteiger charge is 2.03. The van der Waals surface area contributed by atoms with Crippen LogP contribution in [-0.2, 0) is 0 Å². The van der Waals surface area contributed by atoms with Gasteiger partial charge in [0.05, 0.1) is 5.02 Å². The Balaban J connectivity index is 2.78. The van der Waals surface area contributed by atoms with Gasteiger partial charge in [-0.3, -0.25) is 0 Å². The van der Waals surface area contributed by atoms with Gasteiger partial charge in [-0.1, -0.05) is 46.9 Å². The van der Waals surface area contributed by atoms with E-state index < -0.39 is 5.02 Å². The monoisotopic (exact) mass is 210 g/mol. The lowest BCUT2D eigenvalue weighted by Gasteiger charge is -2.06.